The molecule has 0 saturated carbocycles. The number of nitrogens with zero attached hydrogens (tertiary/aromatic N) is 2. The quantitative estimate of drug-likeness (QED) is 0.634. The highest BCUT2D eigenvalue weighted by molar-refractivity contribution is 5.28. The van der Waals surface area contributed by atoms with Crippen LogP contribution in [0.1, 0.15) is 32.4 Å². The van der Waals surface area contributed by atoms with Gasteiger partial charge in [-0.3, -0.25) is 0 Å². The van der Waals surface area contributed by atoms with Crippen LogP contribution < -0.4 is 5.32 Å². The molecule has 0 amide bonds. The zero-order chi connectivity index (χ0) is 14.8. The maximum Gasteiger partial charge on any atom is 0.203 e. The molecule has 1 aromatic rings. The molecular formula is C15H29N3O2. The molecule has 20 heavy (non-hydrogen) atoms. The normalized spacial score (nSPS) is 11.2. The molecule has 0 aliphatic heterocycles. The molecule has 116 valence electrons. The van der Waals surface area contributed by atoms with Crippen molar-refractivity contribution in [1.29, 1.82) is 0 Å². The number of ether oxygens (including phenoxy) is 2. The molecule has 0 fully saturated rings. The average Bonchev–Trinajstić information content (AvgIpc) is 2.74. The number of imidazole rings is 1. The van der Waals surface area contributed by atoms with Gasteiger partial charge >= 0.3 is 0 Å². The first kappa shape index (κ1) is 17.0. The molecular weight excluding hydrogens is 254 g/mol. The number of rotatable bonds is 11. The maximum atomic E-state index is 5.66. The Kier molecular flexibility index (Phi) is 8.30. The topological polar surface area (TPSA) is 48.3 Å². The summed E-state index contributed by atoms with van der Waals surface area (Å²) in [5.74, 6) is 1.62. The van der Waals surface area contributed by atoms with E-state index in [0.29, 0.717) is 5.92 Å². The minimum Gasteiger partial charge on any atom is -0.385 e. The fraction of sp³-hybridized carbons (Fsp3) is 0.800. The van der Waals surface area contributed by atoms with Crippen LogP contribution in [0, 0.1) is 12.8 Å². The van der Waals surface area contributed by atoms with Gasteiger partial charge in [-0.05, 0) is 25.7 Å². The molecule has 1 aromatic heterocycles. The molecule has 5 heteroatoms. The van der Waals surface area contributed by atoms with Crippen molar-refractivity contribution in [2.75, 3.05) is 38.8 Å². The van der Waals surface area contributed by atoms with Crippen molar-refractivity contribution >= 4 is 5.95 Å². The van der Waals surface area contributed by atoms with Gasteiger partial charge in [-0.15, -0.1) is 0 Å². The van der Waals surface area contributed by atoms with Crippen LogP contribution in [0.2, 0.25) is 0 Å². The van der Waals surface area contributed by atoms with Gasteiger partial charge in [0.2, 0.25) is 5.95 Å². The summed E-state index contributed by atoms with van der Waals surface area (Å²) in [4.78, 5) is 4.49. The molecule has 0 saturated heterocycles. The van der Waals surface area contributed by atoms with E-state index in [-0.39, 0.29) is 0 Å². The molecule has 0 aromatic carbocycles. The van der Waals surface area contributed by atoms with Crippen LogP contribution in [-0.4, -0.2) is 43.0 Å². The lowest BCUT2D eigenvalue weighted by molar-refractivity contribution is 0.116. The van der Waals surface area contributed by atoms with Crippen LogP contribution in [0.15, 0.2) is 6.20 Å². The monoisotopic (exact) mass is 283 g/mol. The SMILES string of the molecule is COCCCNc1nc(C)cn1CCOCCC(C)C. The number of aryl methyl sites for hydroxylation is 1. The van der Waals surface area contributed by atoms with Crippen molar-refractivity contribution in [2.45, 2.75) is 40.2 Å². The number of methoxy groups -OCH3 is 1. The molecule has 1 heterocycles. The Morgan fingerprint density at radius 3 is 2.80 bits per heavy atom. The second-order valence-corrected chi connectivity index (χ2v) is 5.47. The lowest BCUT2D eigenvalue weighted by Gasteiger charge is -2.10. The molecule has 0 radical (unpaired) electrons. The minimum atomic E-state index is 0.698. The molecule has 0 atom stereocenters. The lowest BCUT2D eigenvalue weighted by atomic mass is 10.1. The summed E-state index contributed by atoms with van der Waals surface area (Å²) in [5.41, 5.74) is 1.03. The van der Waals surface area contributed by atoms with E-state index in [1.807, 2.05) is 6.92 Å². The van der Waals surface area contributed by atoms with E-state index >= 15 is 0 Å². The number of aromatic nitrogens is 2. The van der Waals surface area contributed by atoms with Crippen molar-refractivity contribution < 1.29 is 9.47 Å². The highest BCUT2D eigenvalue weighted by atomic mass is 16.5. The Bertz CT molecular complexity index is 364. The highest BCUT2D eigenvalue weighted by Crippen LogP contribution is 2.08. The summed E-state index contributed by atoms with van der Waals surface area (Å²) >= 11 is 0. The Labute approximate surface area is 122 Å². The summed E-state index contributed by atoms with van der Waals surface area (Å²) in [6.45, 7) is 10.5. The van der Waals surface area contributed by atoms with Crippen LogP contribution in [0.5, 0.6) is 0 Å². The summed E-state index contributed by atoms with van der Waals surface area (Å²) in [5, 5.41) is 3.34. The van der Waals surface area contributed by atoms with E-state index in [0.717, 1.165) is 57.4 Å². The van der Waals surface area contributed by atoms with E-state index in [4.69, 9.17) is 9.47 Å². The predicted octanol–water partition coefficient (Wildman–Crippen LogP) is 2.70. The van der Waals surface area contributed by atoms with Gasteiger partial charge < -0.3 is 19.4 Å². The predicted molar refractivity (Wildman–Crippen MR) is 82.2 cm³/mol. The van der Waals surface area contributed by atoms with E-state index in [2.05, 4.69) is 34.9 Å². The van der Waals surface area contributed by atoms with Crippen molar-refractivity contribution in [3.05, 3.63) is 11.9 Å². The third-order valence-electron chi connectivity index (χ3n) is 3.02. The van der Waals surface area contributed by atoms with E-state index < -0.39 is 0 Å². The largest absolute Gasteiger partial charge is 0.385 e. The molecule has 0 aliphatic carbocycles. The molecule has 1 N–H and O–H groups in total. The van der Waals surface area contributed by atoms with Gasteiger partial charge in [-0.2, -0.15) is 0 Å². The van der Waals surface area contributed by atoms with E-state index in [1.54, 1.807) is 7.11 Å². The molecule has 0 spiro atoms. The average molecular weight is 283 g/mol. The van der Waals surface area contributed by atoms with Crippen LogP contribution >= 0.6 is 0 Å². The summed E-state index contributed by atoms with van der Waals surface area (Å²) in [7, 11) is 1.72. The van der Waals surface area contributed by atoms with Gasteiger partial charge in [0.15, 0.2) is 0 Å². The summed E-state index contributed by atoms with van der Waals surface area (Å²) in [6.07, 6.45) is 4.16. The molecule has 5 nitrogen and oxygen atoms in total. The van der Waals surface area contributed by atoms with Gasteiger partial charge in [0, 0.05) is 39.6 Å². The lowest BCUT2D eigenvalue weighted by Crippen LogP contribution is -2.13. The molecule has 1 rings (SSSR count). The molecule has 0 aliphatic rings. The molecule has 0 bridgehead atoms. The van der Waals surface area contributed by atoms with Gasteiger partial charge in [0.1, 0.15) is 0 Å². The van der Waals surface area contributed by atoms with Crippen LogP contribution in [0.25, 0.3) is 0 Å². The van der Waals surface area contributed by atoms with Crippen LogP contribution in [0.3, 0.4) is 0 Å². The van der Waals surface area contributed by atoms with Crippen molar-refractivity contribution in [3.8, 4) is 0 Å². The number of hydrogen-bond donors (Lipinski definition) is 1. The minimum absolute atomic E-state index is 0.698. The zero-order valence-corrected chi connectivity index (χ0v) is 13.3. The van der Waals surface area contributed by atoms with Crippen LogP contribution in [0.4, 0.5) is 5.95 Å². The van der Waals surface area contributed by atoms with Gasteiger partial charge in [-0.1, -0.05) is 13.8 Å². The number of nitrogens with one attached hydrogen (secondary N) is 1. The fourth-order valence-corrected chi connectivity index (χ4v) is 1.86. The Morgan fingerprint density at radius 2 is 2.10 bits per heavy atom. The van der Waals surface area contributed by atoms with Gasteiger partial charge in [-0.25, -0.2) is 4.98 Å². The van der Waals surface area contributed by atoms with Gasteiger partial charge in [0.05, 0.1) is 12.3 Å². The third kappa shape index (κ3) is 6.91. The second kappa shape index (κ2) is 9.77. The van der Waals surface area contributed by atoms with E-state index in [1.165, 1.54) is 0 Å². The first-order valence-corrected chi connectivity index (χ1v) is 7.47. The third-order valence-corrected chi connectivity index (χ3v) is 3.02. The first-order valence-electron chi connectivity index (χ1n) is 7.47. The Hall–Kier alpha value is -1.07. The van der Waals surface area contributed by atoms with Crippen molar-refractivity contribution in [3.63, 3.8) is 0 Å². The standard InChI is InChI=1S/C15H29N3O2/c1-13(2)6-10-20-11-8-18-12-14(3)17-15(18)16-7-5-9-19-4/h12-13H,5-11H2,1-4H3,(H,16,17). The van der Waals surface area contributed by atoms with E-state index in [9.17, 15) is 0 Å². The summed E-state index contributed by atoms with van der Waals surface area (Å²) in [6, 6.07) is 0. The maximum absolute atomic E-state index is 5.66. The fourth-order valence-electron chi connectivity index (χ4n) is 1.86. The van der Waals surface area contributed by atoms with Crippen molar-refractivity contribution in [1.82, 2.24) is 9.55 Å². The molecule has 0 unspecified atom stereocenters. The Morgan fingerprint density at radius 1 is 1.30 bits per heavy atom. The Balaban J connectivity index is 2.29. The van der Waals surface area contributed by atoms with Crippen LogP contribution in [-0.2, 0) is 16.0 Å². The van der Waals surface area contributed by atoms with Crippen molar-refractivity contribution in [2.24, 2.45) is 5.92 Å². The highest BCUT2D eigenvalue weighted by Gasteiger charge is 2.04. The smallest absolute Gasteiger partial charge is 0.203 e. The summed E-state index contributed by atoms with van der Waals surface area (Å²) < 4.78 is 12.8. The number of hydrogen-bond acceptors (Lipinski definition) is 4. The second-order valence-electron chi connectivity index (χ2n) is 5.47. The number of anilines is 1. The first-order chi connectivity index (χ1) is 9.63. The van der Waals surface area contributed by atoms with Gasteiger partial charge in [0.25, 0.3) is 0 Å². The zero-order valence-electron chi connectivity index (χ0n) is 13.3.